The molecule has 0 radical (unpaired) electrons. The summed E-state index contributed by atoms with van der Waals surface area (Å²) < 4.78 is 8.60. The standard InChI is InChI=1S/C32H41ClN6O5Si/c1-20-29(45(2,3)43)28(12-15-38-19-24(13-16-40)36-37-38)44-32(20)25-17-22(33)8-11-27(25)39(31(32)42)18-21-6-9-23(10-7-21)35-30(41)26-5-4-14-34-26/h6-11,17,19-20,26,28-29,34,40,43H,4-5,12-16,18H2,1-3H3,(H,35,41)/t20-,26-,28+,29-,32+/m1/s1. The van der Waals surface area contributed by atoms with Gasteiger partial charge in [0.1, 0.15) is 0 Å². The Hall–Kier alpha value is -3.13. The van der Waals surface area contributed by atoms with Gasteiger partial charge in [-0.1, -0.05) is 35.9 Å². The van der Waals surface area contributed by atoms with Crippen LogP contribution in [0, 0.1) is 5.92 Å². The average Bonchev–Trinajstić information content (AvgIpc) is 3.78. The smallest absolute Gasteiger partial charge is 0.264 e. The Kier molecular flexibility index (Phi) is 8.90. The summed E-state index contributed by atoms with van der Waals surface area (Å²) in [7, 11) is -2.83. The van der Waals surface area contributed by atoms with Crippen molar-refractivity contribution in [2.75, 3.05) is 23.4 Å². The number of aromatic nitrogens is 3. The molecule has 2 fully saturated rings. The molecule has 3 aliphatic rings. The molecule has 6 rings (SSSR count). The molecule has 1 spiro atoms. The van der Waals surface area contributed by atoms with Gasteiger partial charge in [0.25, 0.3) is 5.91 Å². The fraction of sp³-hybridized carbons (Fsp3) is 0.500. The molecule has 0 bridgehead atoms. The lowest BCUT2D eigenvalue weighted by Crippen LogP contribution is -2.46. The first-order valence-electron chi connectivity index (χ1n) is 15.7. The number of halogens is 1. The van der Waals surface area contributed by atoms with E-state index in [1.165, 1.54) is 0 Å². The molecular formula is C32H41ClN6O5Si. The minimum atomic E-state index is -2.83. The largest absolute Gasteiger partial charge is 0.432 e. The van der Waals surface area contributed by atoms with Crippen molar-refractivity contribution in [2.24, 2.45) is 5.92 Å². The fourth-order valence-electron chi connectivity index (χ4n) is 7.43. The third kappa shape index (κ3) is 6.07. The van der Waals surface area contributed by atoms with E-state index in [0.29, 0.717) is 42.3 Å². The first-order valence-corrected chi connectivity index (χ1v) is 19.1. The molecule has 1 aromatic heterocycles. The summed E-state index contributed by atoms with van der Waals surface area (Å²) >= 11 is 6.52. The van der Waals surface area contributed by atoms with Crippen LogP contribution in [0.2, 0.25) is 23.7 Å². The van der Waals surface area contributed by atoms with Crippen molar-refractivity contribution in [3.63, 3.8) is 0 Å². The summed E-state index contributed by atoms with van der Waals surface area (Å²) in [6.45, 7) is 7.46. The lowest BCUT2D eigenvalue weighted by molar-refractivity contribution is -0.146. The molecule has 0 aliphatic carbocycles. The summed E-state index contributed by atoms with van der Waals surface area (Å²) in [5.41, 5.74) is 2.24. The molecule has 11 nitrogen and oxygen atoms in total. The van der Waals surface area contributed by atoms with E-state index in [4.69, 9.17) is 16.3 Å². The van der Waals surface area contributed by atoms with Gasteiger partial charge in [-0.05, 0) is 74.8 Å². The van der Waals surface area contributed by atoms with Gasteiger partial charge in [0.05, 0.1) is 30.1 Å². The zero-order valence-electron chi connectivity index (χ0n) is 25.9. The summed E-state index contributed by atoms with van der Waals surface area (Å²) in [5.74, 6) is -0.524. The van der Waals surface area contributed by atoms with Crippen molar-refractivity contribution in [3.05, 3.63) is 70.5 Å². The van der Waals surface area contributed by atoms with Crippen molar-refractivity contribution in [1.82, 2.24) is 20.3 Å². The molecule has 240 valence electrons. The Morgan fingerprint density at radius 2 is 2.02 bits per heavy atom. The molecule has 5 atom stereocenters. The number of rotatable bonds is 10. The van der Waals surface area contributed by atoms with E-state index in [9.17, 15) is 19.5 Å². The van der Waals surface area contributed by atoms with Gasteiger partial charge in [-0.3, -0.25) is 14.3 Å². The van der Waals surface area contributed by atoms with E-state index in [2.05, 4.69) is 20.9 Å². The monoisotopic (exact) mass is 652 g/mol. The third-order valence-electron chi connectivity index (χ3n) is 9.48. The number of hydrogen-bond donors (Lipinski definition) is 4. The number of fused-ring (bicyclic) bond motifs is 2. The van der Waals surface area contributed by atoms with Crippen LogP contribution in [0.4, 0.5) is 11.4 Å². The minimum absolute atomic E-state index is 0.00371. The van der Waals surface area contributed by atoms with E-state index in [-0.39, 0.29) is 35.9 Å². The highest BCUT2D eigenvalue weighted by Crippen LogP contribution is 2.60. The highest BCUT2D eigenvalue weighted by molar-refractivity contribution is 6.71. The van der Waals surface area contributed by atoms with Gasteiger partial charge in [-0.2, -0.15) is 0 Å². The summed E-state index contributed by atoms with van der Waals surface area (Å²) in [6, 6.07) is 12.9. The Bertz CT molecular complexity index is 1560. The first-order chi connectivity index (χ1) is 21.5. The fourth-order valence-corrected chi connectivity index (χ4v) is 10.2. The van der Waals surface area contributed by atoms with E-state index < -0.39 is 20.0 Å². The summed E-state index contributed by atoms with van der Waals surface area (Å²) in [4.78, 5) is 40.5. The maximum atomic E-state index is 14.6. The second kappa shape index (κ2) is 12.6. The minimum Gasteiger partial charge on any atom is -0.432 e. The molecule has 3 aliphatic heterocycles. The van der Waals surface area contributed by atoms with E-state index in [1.54, 1.807) is 21.8 Å². The van der Waals surface area contributed by atoms with Gasteiger partial charge in [-0.15, -0.1) is 5.10 Å². The van der Waals surface area contributed by atoms with Gasteiger partial charge in [0, 0.05) is 53.5 Å². The van der Waals surface area contributed by atoms with Crippen molar-refractivity contribution in [3.8, 4) is 0 Å². The molecule has 4 heterocycles. The van der Waals surface area contributed by atoms with Crippen molar-refractivity contribution in [1.29, 1.82) is 0 Å². The van der Waals surface area contributed by atoms with Crippen LogP contribution in [-0.4, -0.2) is 70.3 Å². The first kappa shape index (κ1) is 31.8. The molecular weight excluding hydrogens is 612 g/mol. The molecule has 2 amide bonds. The molecule has 13 heteroatoms. The number of nitrogens with zero attached hydrogens (tertiary/aromatic N) is 4. The van der Waals surface area contributed by atoms with Gasteiger partial charge >= 0.3 is 0 Å². The van der Waals surface area contributed by atoms with Gasteiger partial charge in [-0.25, -0.2) is 0 Å². The second-order valence-corrected chi connectivity index (χ2v) is 17.4. The Morgan fingerprint density at radius 1 is 1.24 bits per heavy atom. The normalized spacial score (nSPS) is 26.2. The number of nitrogens with one attached hydrogen (secondary N) is 2. The predicted molar refractivity (Wildman–Crippen MR) is 173 cm³/mol. The van der Waals surface area contributed by atoms with Gasteiger partial charge in [0.2, 0.25) is 5.91 Å². The molecule has 0 unspecified atom stereocenters. The second-order valence-electron chi connectivity index (χ2n) is 13.0. The molecule has 2 aromatic carbocycles. The number of ether oxygens (including phenoxy) is 1. The van der Waals surface area contributed by atoms with E-state index >= 15 is 0 Å². The van der Waals surface area contributed by atoms with E-state index in [1.807, 2.05) is 56.4 Å². The molecule has 0 saturated carbocycles. The lowest BCUT2D eigenvalue weighted by Gasteiger charge is -2.32. The molecule has 4 N–H and O–H groups in total. The molecule has 45 heavy (non-hydrogen) atoms. The zero-order chi connectivity index (χ0) is 31.9. The number of anilines is 2. The van der Waals surface area contributed by atoms with Gasteiger partial charge in [0.15, 0.2) is 13.9 Å². The number of aryl methyl sites for hydroxylation is 1. The highest BCUT2D eigenvalue weighted by Gasteiger charge is 2.66. The Morgan fingerprint density at radius 3 is 2.71 bits per heavy atom. The van der Waals surface area contributed by atoms with Crippen LogP contribution in [0.15, 0.2) is 48.7 Å². The number of carbonyl (C=O) groups is 2. The van der Waals surface area contributed by atoms with Crippen LogP contribution in [-0.2, 0) is 39.4 Å². The number of aliphatic hydroxyl groups is 1. The van der Waals surface area contributed by atoms with Crippen molar-refractivity contribution >= 4 is 43.1 Å². The zero-order valence-corrected chi connectivity index (χ0v) is 27.6. The molecule has 3 aromatic rings. The Balaban J connectivity index is 1.26. The highest BCUT2D eigenvalue weighted by atomic mass is 35.5. The van der Waals surface area contributed by atoms with Crippen molar-refractivity contribution in [2.45, 2.75) is 82.1 Å². The summed E-state index contributed by atoms with van der Waals surface area (Å²) in [5, 5.41) is 24.2. The number of aliphatic hydroxyl groups excluding tert-OH is 1. The lowest BCUT2D eigenvalue weighted by atomic mass is 9.82. The maximum absolute atomic E-state index is 14.6. The summed E-state index contributed by atoms with van der Waals surface area (Å²) in [6.07, 6.45) is 4.19. The van der Waals surface area contributed by atoms with Crippen molar-refractivity contribution < 1.29 is 24.2 Å². The van der Waals surface area contributed by atoms with Crippen LogP contribution in [0.5, 0.6) is 0 Å². The SMILES string of the molecule is C[C@@H]1[C@@H]([Si](C)(C)O)[C@H](CCn2cc(CCO)nn2)O[C@@]12C(=O)N(Cc1ccc(NC(=O)[C@H]3CCCN3)cc1)c1ccc(Cl)cc12. The van der Waals surface area contributed by atoms with E-state index in [0.717, 1.165) is 36.2 Å². The quantitative estimate of drug-likeness (QED) is 0.244. The van der Waals surface area contributed by atoms with Crippen LogP contribution in [0.1, 0.15) is 43.0 Å². The average molecular weight is 653 g/mol. The number of amides is 2. The molecule has 2 saturated heterocycles. The van der Waals surface area contributed by atoms with Crippen LogP contribution >= 0.6 is 11.6 Å². The van der Waals surface area contributed by atoms with Crippen LogP contribution < -0.4 is 15.5 Å². The third-order valence-corrected chi connectivity index (χ3v) is 12.2. The number of benzene rings is 2. The maximum Gasteiger partial charge on any atom is 0.264 e. The van der Waals surface area contributed by atoms with Crippen LogP contribution in [0.3, 0.4) is 0 Å². The number of hydrogen-bond acceptors (Lipinski definition) is 8. The number of carbonyl (C=O) groups excluding carboxylic acids is 2. The topological polar surface area (TPSA) is 142 Å². The van der Waals surface area contributed by atoms with Gasteiger partial charge < -0.3 is 30.2 Å². The van der Waals surface area contributed by atoms with Crippen LogP contribution in [0.25, 0.3) is 0 Å². The predicted octanol–water partition coefficient (Wildman–Crippen LogP) is 3.59. The Labute approximate surface area is 269 Å².